The van der Waals surface area contributed by atoms with Crippen molar-refractivity contribution < 1.29 is 9.47 Å². The zero-order valence-corrected chi connectivity index (χ0v) is 10.2. The largest absolute Gasteiger partial charge is 0.478 e. The highest BCUT2D eigenvalue weighted by Gasteiger charge is 2.30. The molecule has 0 radical (unpaired) electrons. The van der Waals surface area contributed by atoms with E-state index < -0.39 is 0 Å². The summed E-state index contributed by atoms with van der Waals surface area (Å²) in [6.07, 6.45) is 6.01. The topological polar surface area (TPSA) is 70.3 Å². The van der Waals surface area contributed by atoms with E-state index in [1.807, 2.05) is 6.92 Å². The molecule has 0 saturated heterocycles. The lowest BCUT2D eigenvalue weighted by atomic mass is 10.0. The molecule has 0 amide bonds. The third-order valence-corrected chi connectivity index (χ3v) is 2.99. The Bertz CT molecular complexity index is 365. The Morgan fingerprint density at radius 3 is 2.82 bits per heavy atom. The van der Waals surface area contributed by atoms with Gasteiger partial charge in [-0.2, -0.15) is 4.98 Å². The number of nitrogens with two attached hydrogens (primary N) is 1. The third-order valence-electron chi connectivity index (χ3n) is 2.99. The van der Waals surface area contributed by atoms with E-state index in [0.29, 0.717) is 25.1 Å². The molecule has 0 atom stereocenters. The van der Waals surface area contributed by atoms with Crippen LogP contribution in [0.25, 0.3) is 0 Å². The number of hydrogen-bond acceptors (Lipinski definition) is 5. The second kappa shape index (κ2) is 5.31. The molecule has 2 rings (SSSR count). The SMILES string of the molecule is CCOc1ccnc(OCC2(N)CCCC2)n1. The minimum atomic E-state index is -0.203. The van der Waals surface area contributed by atoms with Crippen LogP contribution in [0, 0.1) is 0 Å². The summed E-state index contributed by atoms with van der Waals surface area (Å²) in [7, 11) is 0. The van der Waals surface area contributed by atoms with Crippen LogP contribution in [0.15, 0.2) is 12.3 Å². The van der Waals surface area contributed by atoms with Crippen molar-refractivity contribution in [3.8, 4) is 11.9 Å². The Balaban J connectivity index is 1.91. The van der Waals surface area contributed by atoms with Crippen LogP contribution >= 0.6 is 0 Å². The summed E-state index contributed by atoms with van der Waals surface area (Å²) >= 11 is 0. The van der Waals surface area contributed by atoms with E-state index in [4.69, 9.17) is 15.2 Å². The van der Waals surface area contributed by atoms with Crippen molar-refractivity contribution in [2.75, 3.05) is 13.2 Å². The Hall–Kier alpha value is -1.36. The highest BCUT2D eigenvalue weighted by molar-refractivity contribution is 5.11. The van der Waals surface area contributed by atoms with Gasteiger partial charge in [-0.15, -0.1) is 0 Å². The molecule has 0 aliphatic heterocycles. The first kappa shape index (κ1) is 12.1. The Morgan fingerprint density at radius 1 is 1.35 bits per heavy atom. The molecule has 17 heavy (non-hydrogen) atoms. The zero-order valence-electron chi connectivity index (χ0n) is 10.2. The van der Waals surface area contributed by atoms with Gasteiger partial charge in [0.15, 0.2) is 0 Å². The first-order chi connectivity index (χ1) is 8.22. The Labute approximate surface area is 101 Å². The van der Waals surface area contributed by atoms with Crippen LogP contribution in [-0.4, -0.2) is 28.7 Å². The second-order valence-corrected chi connectivity index (χ2v) is 4.47. The maximum absolute atomic E-state index is 6.19. The quantitative estimate of drug-likeness (QED) is 0.840. The fourth-order valence-corrected chi connectivity index (χ4v) is 2.05. The van der Waals surface area contributed by atoms with E-state index in [9.17, 15) is 0 Å². The lowest BCUT2D eigenvalue weighted by Gasteiger charge is -2.22. The average Bonchev–Trinajstić information content (AvgIpc) is 2.76. The highest BCUT2D eigenvalue weighted by Crippen LogP contribution is 2.27. The fraction of sp³-hybridized carbons (Fsp3) is 0.667. The van der Waals surface area contributed by atoms with Crippen molar-refractivity contribution >= 4 is 0 Å². The molecule has 1 saturated carbocycles. The van der Waals surface area contributed by atoms with Crippen molar-refractivity contribution in [1.29, 1.82) is 0 Å². The molecule has 0 aromatic carbocycles. The summed E-state index contributed by atoms with van der Waals surface area (Å²) in [5.74, 6) is 0.537. The Morgan fingerprint density at radius 2 is 2.12 bits per heavy atom. The van der Waals surface area contributed by atoms with E-state index in [2.05, 4.69) is 9.97 Å². The van der Waals surface area contributed by atoms with Crippen molar-refractivity contribution in [2.24, 2.45) is 5.73 Å². The predicted octanol–water partition coefficient (Wildman–Crippen LogP) is 1.53. The van der Waals surface area contributed by atoms with Gasteiger partial charge >= 0.3 is 6.01 Å². The molecular formula is C12H19N3O2. The van der Waals surface area contributed by atoms with Crippen LogP contribution in [0.5, 0.6) is 11.9 Å². The number of rotatable bonds is 5. The molecule has 5 nitrogen and oxygen atoms in total. The first-order valence-electron chi connectivity index (χ1n) is 6.09. The molecule has 1 aromatic heterocycles. The predicted molar refractivity (Wildman–Crippen MR) is 64.1 cm³/mol. The van der Waals surface area contributed by atoms with Crippen LogP contribution in [-0.2, 0) is 0 Å². The van der Waals surface area contributed by atoms with Gasteiger partial charge in [0.05, 0.1) is 12.1 Å². The molecule has 5 heteroatoms. The lowest BCUT2D eigenvalue weighted by Crippen LogP contribution is -2.42. The number of aromatic nitrogens is 2. The van der Waals surface area contributed by atoms with Crippen LogP contribution in [0.2, 0.25) is 0 Å². The third kappa shape index (κ3) is 3.30. The summed E-state index contributed by atoms with van der Waals surface area (Å²) in [5.41, 5.74) is 5.99. The van der Waals surface area contributed by atoms with E-state index in [1.165, 1.54) is 12.8 Å². The van der Waals surface area contributed by atoms with Crippen molar-refractivity contribution in [3.63, 3.8) is 0 Å². The fourth-order valence-electron chi connectivity index (χ4n) is 2.05. The monoisotopic (exact) mass is 237 g/mol. The summed E-state index contributed by atoms with van der Waals surface area (Å²) in [6.45, 7) is 2.97. The van der Waals surface area contributed by atoms with Gasteiger partial charge < -0.3 is 15.2 Å². The first-order valence-corrected chi connectivity index (χ1v) is 6.09. The average molecular weight is 237 g/mol. The summed E-state index contributed by atoms with van der Waals surface area (Å²) in [4.78, 5) is 8.19. The van der Waals surface area contributed by atoms with Gasteiger partial charge in [0.25, 0.3) is 0 Å². The maximum atomic E-state index is 6.19. The number of nitrogens with zero attached hydrogens (tertiary/aromatic N) is 2. The zero-order chi connectivity index (χ0) is 12.1. The van der Waals surface area contributed by atoms with Crippen LogP contribution < -0.4 is 15.2 Å². The molecule has 1 aromatic rings. The molecule has 1 fully saturated rings. The van der Waals surface area contributed by atoms with Gasteiger partial charge in [-0.3, -0.25) is 0 Å². The van der Waals surface area contributed by atoms with Crippen LogP contribution in [0.1, 0.15) is 32.6 Å². The second-order valence-electron chi connectivity index (χ2n) is 4.47. The minimum Gasteiger partial charge on any atom is -0.478 e. The number of hydrogen-bond donors (Lipinski definition) is 1. The van der Waals surface area contributed by atoms with Crippen molar-refractivity contribution in [2.45, 2.75) is 38.1 Å². The molecule has 0 unspecified atom stereocenters. The minimum absolute atomic E-state index is 0.203. The van der Waals surface area contributed by atoms with Crippen LogP contribution in [0.3, 0.4) is 0 Å². The molecule has 1 aliphatic carbocycles. The highest BCUT2D eigenvalue weighted by atomic mass is 16.5. The smallest absolute Gasteiger partial charge is 0.319 e. The van der Waals surface area contributed by atoms with Crippen molar-refractivity contribution in [3.05, 3.63) is 12.3 Å². The molecule has 0 spiro atoms. The normalized spacial score (nSPS) is 18.0. The van der Waals surface area contributed by atoms with Crippen LogP contribution in [0.4, 0.5) is 0 Å². The van der Waals surface area contributed by atoms with Gasteiger partial charge in [-0.25, -0.2) is 4.98 Å². The molecular weight excluding hydrogens is 218 g/mol. The molecule has 1 heterocycles. The van der Waals surface area contributed by atoms with Gasteiger partial charge in [0, 0.05) is 12.3 Å². The van der Waals surface area contributed by atoms with Gasteiger partial charge in [0.1, 0.15) is 6.61 Å². The molecule has 0 bridgehead atoms. The summed E-state index contributed by atoms with van der Waals surface area (Å²) in [5, 5.41) is 0. The Kier molecular flexibility index (Phi) is 3.78. The summed E-state index contributed by atoms with van der Waals surface area (Å²) in [6, 6.07) is 2.05. The lowest BCUT2D eigenvalue weighted by molar-refractivity contribution is 0.202. The van der Waals surface area contributed by atoms with E-state index >= 15 is 0 Å². The van der Waals surface area contributed by atoms with E-state index in [-0.39, 0.29) is 5.54 Å². The van der Waals surface area contributed by atoms with Gasteiger partial charge in [0.2, 0.25) is 5.88 Å². The van der Waals surface area contributed by atoms with Gasteiger partial charge in [-0.1, -0.05) is 12.8 Å². The standard InChI is InChI=1S/C12H19N3O2/c1-2-16-10-5-8-14-11(15-10)17-9-12(13)6-3-4-7-12/h5,8H,2-4,6-7,9,13H2,1H3. The summed E-state index contributed by atoms with van der Waals surface area (Å²) < 4.78 is 10.8. The molecule has 1 aliphatic rings. The van der Waals surface area contributed by atoms with E-state index in [1.54, 1.807) is 12.3 Å². The van der Waals surface area contributed by atoms with Gasteiger partial charge in [-0.05, 0) is 19.8 Å². The van der Waals surface area contributed by atoms with E-state index in [0.717, 1.165) is 12.8 Å². The molecule has 2 N–H and O–H groups in total. The maximum Gasteiger partial charge on any atom is 0.319 e. The molecule has 94 valence electrons. The van der Waals surface area contributed by atoms with Crippen molar-refractivity contribution in [1.82, 2.24) is 9.97 Å². The number of ether oxygens (including phenoxy) is 2.